The van der Waals surface area contributed by atoms with Gasteiger partial charge in [-0.15, -0.1) is 0 Å². The van der Waals surface area contributed by atoms with Gasteiger partial charge in [0.25, 0.3) is 0 Å². The van der Waals surface area contributed by atoms with Crippen molar-refractivity contribution in [1.29, 1.82) is 0 Å². The number of aromatic amines is 1. The molecule has 0 bridgehead atoms. The van der Waals surface area contributed by atoms with Gasteiger partial charge in [-0.1, -0.05) is 18.2 Å². The average Bonchev–Trinajstić information content (AvgIpc) is 3.09. The maximum atomic E-state index is 4.60. The van der Waals surface area contributed by atoms with Crippen LogP contribution < -0.4 is 5.32 Å². The van der Waals surface area contributed by atoms with E-state index in [0.29, 0.717) is 6.54 Å². The van der Waals surface area contributed by atoms with Crippen molar-refractivity contribution in [2.45, 2.75) is 13.5 Å². The summed E-state index contributed by atoms with van der Waals surface area (Å²) in [5.74, 6) is 0.768. The second kappa shape index (κ2) is 4.63. The smallest absolute Gasteiger partial charge is 0.201 e. The molecular formula is C16H15N5. The summed E-state index contributed by atoms with van der Waals surface area (Å²) in [5, 5.41) is 3.29. The molecule has 0 fully saturated rings. The second-order valence-corrected chi connectivity index (χ2v) is 5.08. The first-order chi connectivity index (χ1) is 10.3. The second-order valence-electron chi connectivity index (χ2n) is 5.08. The Morgan fingerprint density at radius 2 is 2.00 bits per heavy atom. The van der Waals surface area contributed by atoms with Crippen LogP contribution in [-0.4, -0.2) is 19.4 Å². The summed E-state index contributed by atoms with van der Waals surface area (Å²) in [6.07, 6.45) is 2.06. The fourth-order valence-electron chi connectivity index (χ4n) is 2.49. The highest BCUT2D eigenvalue weighted by Gasteiger charge is 2.05. The van der Waals surface area contributed by atoms with Crippen molar-refractivity contribution in [3.63, 3.8) is 0 Å². The van der Waals surface area contributed by atoms with Crippen molar-refractivity contribution < 1.29 is 0 Å². The number of imidazole rings is 2. The third-order valence-electron chi connectivity index (χ3n) is 3.57. The standard InChI is InChI=1S/C16H15N5/c1-11-5-4-8-15-18-12(10-21(11)15)9-17-16-19-13-6-2-3-7-14(13)20-16/h2-8,10H,9H2,1H3,(H2,17,19,20). The lowest BCUT2D eigenvalue weighted by Gasteiger charge is -1.98. The van der Waals surface area contributed by atoms with Crippen molar-refractivity contribution in [1.82, 2.24) is 19.4 Å². The van der Waals surface area contributed by atoms with E-state index in [2.05, 4.69) is 43.9 Å². The molecule has 0 spiro atoms. The first kappa shape index (κ1) is 12.0. The molecule has 0 aliphatic rings. The summed E-state index contributed by atoms with van der Waals surface area (Å²) in [6.45, 7) is 2.71. The van der Waals surface area contributed by atoms with Gasteiger partial charge in [0.2, 0.25) is 5.95 Å². The van der Waals surface area contributed by atoms with Crippen molar-refractivity contribution in [3.05, 3.63) is 60.0 Å². The lowest BCUT2D eigenvalue weighted by Crippen LogP contribution is -2.00. The molecule has 4 aromatic rings. The van der Waals surface area contributed by atoms with Gasteiger partial charge in [0.05, 0.1) is 23.3 Å². The van der Waals surface area contributed by atoms with Gasteiger partial charge < -0.3 is 14.7 Å². The lowest BCUT2D eigenvalue weighted by atomic mass is 10.3. The number of pyridine rings is 1. The minimum Gasteiger partial charge on any atom is -0.350 e. The van der Waals surface area contributed by atoms with Crippen LogP contribution in [0.3, 0.4) is 0 Å². The van der Waals surface area contributed by atoms with Gasteiger partial charge in [0.15, 0.2) is 0 Å². The Hall–Kier alpha value is -2.82. The first-order valence-electron chi connectivity index (χ1n) is 6.92. The van der Waals surface area contributed by atoms with E-state index in [1.165, 1.54) is 5.69 Å². The maximum absolute atomic E-state index is 4.60. The summed E-state index contributed by atoms with van der Waals surface area (Å²) >= 11 is 0. The molecule has 104 valence electrons. The SMILES string of the molecule is Cc1cccc2nc(CNc3nc4ccccc4[nH]3)cn12. The van der Waals surface area contributed by atoms with Crippen LogP contribution in [0.25, 0.3) is 16.7 Å². The highest BCUT2D eigenvalue weighted by atomic mass is 15.1. The molecule has 3 aromatic heterocycles. The molecule has 1 aromatic carbocycles. The Kier molecular flexibility index (Phi) is 2.64. The number of aryl methyl sites for hydroxylation is 1. The van der Waals surface area contributed by atoms with Crippen LogP contribution in [0, 0.1) is 6.92 Å². The van der Waals surface area contributed by atoms with E-state index in [-0.39, 0.29) is 0 Å². The monoisotopic (exact) mass is 277 g/mol. The molecule has 0 radical (unpaired) electrons. The van der Waals surface area contributed by atoms with Gasteiger partial charge >= 0.3 is 0 Å². The third kappa shape index (κ3) is 2.12. The summed E-state index contributed by atoms with van der Waals surface area (Å²) in [4.78, 5) is 12.4. The number of nitrogens with one attached hydrogen (secondary N) is 2. The van der Waals surface area contributed by atoms with E-state index >= 15 is 0 Å². The Morgan fingerprint density at radius 1 is 1.10 bits per heavy atom. The van der Waals surface area contributed by atoms with E-state index in [1.54, 1.807) is 0 Å². The molecule has 0 aliphatic heterocycles. The summed E-state index contributed by atoms with van der Waals surface area (Å²) < 4.78 is 2.09. The first-order valence-corrected chi connectivity index (χ1v) is 6.92. The molecule has 0 atom stereocenters. The maximum Gasteiger partial charge on any atom is 0.201 e. The molecule has 5 heteroatoms. The van der Waals surface area contributed by atoms with Crippen molar-refractivity contribution in [2.24, 2.45) is 0 Å². The Labute approximate surface area is 121 Å². The molecular weight excluding hydrogens is 262 g/mol. The van der Waals surface area contributed by atoms with Crippen LogP contribution in [0.5, 0.6) is 0 Å². The summed E-state index contributed by atoms with van der Waals surface area (Å²) in [7, 11) is 0. The number of aromatic nitrogens is 4. The van der Waals surface area contributed by atoms with Crippen molar-refractivity contribution in [2.75, 3.05) is 5.32 Å². The molecule has 5 nitrogen and oxygen atoms in total. The van der Waals surface area contributed by atoms with Crippen LogP contribution in [-0.2, 0) is 6.54 Å². The van der Waals surface area contributed by atoms with E-state index in [1.807, 2.05) is 36.4 Å². The number of hydrogen-bond donors (Lipinski definition) is 2. The molecule has 0 saturated carbocycles. The number of rotatable bonds is 3. The average molecular weight is 277 g/mol. The van der Waals surface area contributed by atoms with Crippen molar-refractivity contribution in [3.8, 4) is 0 Å². The zero-order chi connectivity index (χ0) is 14.2. The summed E-state index contributed by atoms with van der Waals surface area (Å²) in [6, 6.07) is 14.1. The quantitative estimate of drug-likeness (QED) is 0.605. The zero-order valence-corrected chi connectivity index (χ0v) is 11.7. The highest BCUT2D eigenvalue weighted by Crippen LogP contribution is 2.14. The molecule has 0 unspecified atom stereocenters. The van der Waals surface area contributed by atoms with Crippen LogP contribution >= 0.6 is 0 Å². The molecule has 0 saturated heterocycles. The van der Waals surface area contributed by atoms with Gasteiger partial charge in [-0.05, 0) is 31.2 Å². The van der Waals surface area contributed by atoms with Gasteiger partial charge in [-0.2, -0.15) is 0 Å². The number of H-pyrrole nitrogens is 1. The van der Waals surface area contributed by atoms with Gasteiger partial charge in [-0.3, -0.25) is 0 Å². The number of hydrogen-bond acceptors (Lipinski definition) is 3. The number of para-hydroxylation sites is 2. The normalized spacial score (nSPS) is 11.3. The predicted octanol–water partition coefficient (Wildman–Crippen LogP) is 3.13. The van der Waals surface area contributed by atoms with Gasteiger partial charge in [0.1, 0.15) is 5.65 Å². The minimum atomic E-state index is 0.640. The Morgan fingerprint density at radius 3 is 2.86 bits per heavy atom. The fourth-order valence-corrected chi connectivity index (χ4v) is 2.49. The minimum absolute atomic E-state index is 0.640. The van der Waals surface area contributed by atoms with Gasteiger partial charge in [-0.25, -0.2) is 9.97 Å². The number of nitrogens with zero attached hydrogens (tertiary/aromatic N) is 3. The number of anilines is 1. The Bertz CT molecular complexity index is 886. The molecule has 0 aliphatic carbocycles. The van der Waals surface area contributed by atoms with Crippen LogP contribution in [0.15, 0.2) is 48.7 Å². The molecule has 0 amide bonds. The van der Waals surface area contributed by atoms with E-state index in [9.17, 15) is 0 Å². The molecule has 4 rings (SSSR count). The summed E-state index contributed by atoms with van der Waals surface area (Å²) in [5.41, 5.74) is 5.13. The third-order valence-corrected chi connectivity index (χ3v) is 3.57. The molecule has 3 heterocycles. The lowest BCUT2D eigenvalue weighted by molar-refractivity contribution is 1.04. The van der Waals surface area contributed by atoms with Crippen molar-refractivity contribution >= 4 is 22.6 Å². The van der Waals surface area contributed by atoms with E-state index in [4.69, 9.17) is 0 Å². The topological polar surface area (TPSA) is 58.0 Å². The molecule has 21 heavy (non-hydrogen) atoms. The predicted molar refractivity (Wildman–Crippen MR) is 83.3 cm³/mol. The number of benzene rings is 1. The molecule has 2 N–H and O–H groups in total. The van der Waals surface area contributed by atoms with Crippen LogP contribution in [0.4, 0.5) is 5.95 Å². The zero-order valence-electron chi connectivity index (χ0n) is 11.7. The highest BCUT2D eigenvalue weighted by molar-refractivity contribution is 5.77. The van der Waals surface area contributed by atoms with Crippen LogP contribution in [0.1, 0.15) is 11.4 Å². The van der Waals surface area contributed by atoms with Gasteiger partial charge in [0, 0.05) is 11.9 Å². The van der Waals surface area contributed by atoms with E-state index < -0.39 is 0 Å². The number of fused-ring (bicyclic) bond motifs is 2. The fraction of sp³-hybridized carbons (Fsp3) is 0.125. The largest absolute Gasteiger partial charge is 0.350 e. The van der Waals surface area contributed by atoms with E-state index in [0.717, 1.165) is 28.3 Å². The Balaban J connectivity index is 1.58. The van der Waals surface area contributed by atoms with Crippen LogP contribution in [0.2, 0.25) is 0 Å².